The van der Waals surface area contributed by atoms with Crippen LogP contribution in [0.15, 0.2) is 11.4 Å². The summed E-state index contributed by atoms with van der Waals surface area (Å²) in [5.41, 5.74) is 0.755. The molecule has 0 bridgehead atoms. The van der Waals surface area contributed by atoms with E-state index in [2.05, 4.69) is 0 Å². The topological polar surface area (TPSA) is 46.5 Å². The highest BCUT2D eigenvalue weighted by atomic mass is 31.2. The molecule has 58 valence electrons. The van der Waals surface area contributed by atoms with E-state index in [1.807, 2.05) is 0 Å². The highest BCUT2D eigenvalue weighted by molar-refractivity contribution is 7.62. The molecule has 1 aliphatic rings. The van der Waals surface area contributed by atoms with Gasteiger partial charge in [-0.3, -0.25) is 4.57 Å². The molecular weight excluding hydrogens is 151 g/mol. The minimum atomic E-state index is -2.58. The summed E-state index contributed by atoms with van der Waals surface area (Å²) in [7, 11) is -1.17. The number of aliphatic hydroxyl groups excluding tert-OH is 1. The van der Waals surface area contributed by atoms with Gasteiger partial charge in [0, 0.05) is 12.9 Å². The predicted octanol–water partition coefficient (Wildman–Crippen LogP) is 1.19. The highest BCUT2D eigenvalue weighted by Gasteiger charge is 2.31. The van der Waals surface area contributed by atoms with Gasteiger partial charge >= 0.3 is 0 Å². The molecule has 1 N–H and O–H groups in total. The fourth-order valence-corrected chi connectivity index (χ4v) is 2.88. The van der Waals surface area contributed by atoms with Crippen molar-refractivity contribution in [3.63, 3.8) is 0 Å². The average Bonchev–Trinajstić information content (AvgIpc) is 2.10. The molecule has 0 saturated carbocycles. The highest BCUT2D eigenvalue weighted by Crippen LogP contribution is 2.54. The zero-order valence-electron chi connectivity index (χ0n) is 6.07. The molecule has 0 amide bonds. The lowest BCUT2D eigenvalue weighted by atomic mass is 10.2. The van der Waals surface area contributed by atoms with Crippen LogP contribution in [-0.2, 0) is 9.09 Å². The monoisotopic (exact) mass is 162 g/mol. The van der Waals surface area contributed by atoms with E-state index in [1.165, 1.54) is 12.9 Å². The van der Waals surface area contributed by atoms with E-state index in [0.717, 1.165) is 5.57 Å². The molecule has 0 fully saturated rings. The van der Waals surface area contributed by atoms with Crippen LogP contribution >= 0.6 is 7.37 Å². The molecule has 0 spiro atoms. The van der Waals surface area contributed by atoms with Crippen molar-refractivity contribution in [2.24, 2.45) is 0 Å². The molecule has 0 aromatic carbocycles. The van der Waals surface area contributed by atoms with Crippen molar-refractivity contribution in [1.29, 1.82) is 0 Å². The first-order valence-electron chi connectivity index (χ1n) is 3.09. The summed E-state index contributed by atoms with van der Waals surface area (Å²) in [6.45, 7) is 1.75. The van der Waals surface area contributed by atoms with Gasteiger partial charge in [0.05, 0.1) is 12.3 Å². The minimum absolute atomic E-state index is 0.245. The van der Waals surface area contributed by atoms with Crippen molar-refractivity contribution in [2.45, 2.75) is 13.0 Å². The summed E-state index contributed by atoms with van der Waals surface area (Å²) in [5, 5.41) is 9.14. The molecule has 0 aromatic rings. The Morgan fingerprint density at radius 3 is 2.70 bits per heavy atom. The first-order chi connectivity index (χ1) is 4.57. The van der Waals surface area contributed by atoms with Gasteiger partial charge < -0.3 is 9.63 Å². The van der Waals surface area contributed by atoms with E-state index in [0.29, 0.717) is 0 Å². The largest absolute Gasteiger partial charge is 0.388 e. The van der Waals surface area contributed by atoms with Gasteiger partial charge in [-0.05, 0) is 12.5 Å². The molecule has 4 heteroatoms. The van der Waals surface area contributed by atoms with Crippen LogP contribution in [0.4, 0.5) is 0 Å². The summed E-state index contributed by atoms with van der Waals surface area (Å²) < 4.78 is 16.1. The van der Waals surface area contributed by atoms with Gasteiger partial charge in [-0.2, -0.15) is 0 Å². The van der Waals surface area contributed by atoms with Crippen molar-refractivity contribution in [2.75, 3.05) is 13.3 Å². The minimum Gasteiger partial charge on any atom is -0.388 e. The molecule has 1 heterocycles. The number of rotatable bonds is 1. The lowest BCUT2D eigenvalue weighted by Gasteiger charge is -2.05. The lowest BCUT2D eigenvalue weighted by Crippen LogP contribution is -2.07. The number of hydrogen-bond donors (Lipinski definition) is 1. The van der Waals surface area contributed by atoms with E-state index >= 15 is 0 Å². The second-order valence-electron chi connectivity index (χ2n) is 2.48. The van der Waals surface area contributed by atoms with Crippen molar-refractivity contribution < 1.29 is 14.2 Å². The number of hydrogen-bond acceptors (Lipinski definition) is 3. The molecule has 0 radical (unpaired) electrons. The zero-order valence-corrected chi connectivity index (χ0v) is 6.97. The van der Waals surface area contributed by atoms with E-state index in [1.54, 1.807) is 6.92 Å². The summed E-state index contributed by atoms with van der Waals surface area (Å²) in [4.78, 5) is 0. The summed E-state index contributed by atoms with van der Waals surface area (Å²) in [5.74, 6) is 1.54. The Morgan fingerprint density at radius 1 is 1.90 bits per heavy atom. The Bertz CT molecular complexity index is 209. The summed E-state index contributed by atoms with van der Waals surface area (Å²) in [6.07, 6.45) is -0.319. The Morgan fingerprint density at radius 2 is 2.50 bits per heavy atom. The predicted molar refractivity (Wildman–Crippen MR) is 39.2 cm³/mol. The molecule has 3 nitrogen and oxygen atoms in total. The van der Waals surface area contributed by atoms with Gasteiger partial charge in [0.15, 0.2) is 0 Å². The van der Waals surface area contributed by atoms with Crippen LogP contribution in [-0.4, -0.2) is 24.5 Å². The van der Waals surface area contributed by atoms with Crippen LogP contribution in [0, 0.1) is 0 Å². The van der Waals surface area contributed by atoms with E-state index in [4.69, 9.17) is 9.63 Å². The molecule has 10 heavy (non-hydrogen) atoms. The van der Waals surface area contributed by atoms with Crippen molar-refractivity contribution in [3.8, 4) is 0 Å². The molecule has 0 aromatic heterocycles. The second kappa shape index (κ2) is 2.50. The van der Waals surface area contributed by atoms with Gasteiger partial charge in [0.1, 0.15) is 0 Å². The number of aliphatic hydroxyl groups is 1. The molecule has 0 saturated heterocycles. The maximum atomic E-state index is 11.3. The SMILES string of the molecule is COP1(=O)C=C(C)C(O)C1. The average molecular weight is 162 g/mol. The first-order valence-corrected chi connectivity index (χ1v) is 4.97. The quantitative estimate of drug-likeness (QED) is 0.589. The maximum absolute atomic E-state index is 11.3. The van der Waals surface area contributed by atoms with Gasteiger partial charge in [-0.15, -0.1) is 0 Å². The third kappa shape index (κ3) is 1.31. The second-order valence-corrected chi connectivity index (χ2v) is 4.92. The van der Waals surface area contributed by atoms with E-state index in [9.17, 15) is 4.57 Å². The standard InChI is InChI=1S/C6H11O3P/c1-5-3-10(8,9-2)4-6(5)7/h3,6-7H,4H2,1-2H3. The van der Waals surface area contributed by atoms with Crippen LogP contribution in [0.5, 0.6) is 0 Å². The third-order valence-electron chi connectivity index (χ3n) is 1.66. The maximum Gasteiger partial charge on any atom is 0.227 e. The Hall–Kier alpha value is -0.110. The Kier molecular flexibility index (Phi) is 1.99. The zero-order chi connectivity index (χ0) is 7.78. The van der Waals surface area contributed by atoms with Gasteiger partial charge in [-0.25, -0.2) is 0 Å². The normalized spacial score (nSPS) is 39.9. The fraction of sp³-hybridized carbons (Fsp3) is 0.667. The molecule has 1 rings (SSSR count). The molecule has 0 aliphatic carbocycles. The van der Waals surface area contributed by atoms with Crippen molar-refractivity contribution in [3.05, 3.63) is 11.4 Å². The fourth-order valence-electron chi connectivity index (χ4n) is 0.961. The molecule has 1 aliphatic heterocycles. The third-order valence-corrected chi connectivity index (χ3v) is 3.94. The summed E-state index contributed by atoms with van der Waals surface area (Å²) in [6, 6.07) is 0. The molecular formula is C6H11O3P. The van der Waals surface area contributed by atoms with Crippen LogP contribution in [0.1, 0.15) is 6.92 Å². The van der Waals surface area contributed by atoms with Crippen molar-refractivity contribution >= 4 is 7.37 Å². The first kappa shape index (κ1) is 7.99. The van der Waals surface area contributed by atoms with Crippen molar-refractivity contribution in [1.82, 2.24) is 0 Å². The van der Waals surface area contributed by atoms with Gasteiger partial charge in [0.25, 0.3) is 0 Å². The Balaban J connectivity index is 2.83. The van der Waals surface area contributed by atoms with E-state index in [-0.39, 0.29) is 6.16 Å². The van der Waals surface area contributed by atoms with Gasteiger partial charge in [0.2, 0.25) is 7.37 Å². The summed E-state index contributed by atoms with van der Waals surface area (Å²) >= 11 is 0. The van der Waals surface area contributed by atoms with Crippen LogP contribution in [0.25, 0.3) is 0 Å². The van der Waals surface area contributed by atoms with Crippen LogP contribution < -0.4 is 0 Å². The van der Waals surface area contributed by atoms with Crippen LogP contribution in [0.2, 0.25) is 0 Å². The van der Waals surface area contributed by atoms with E-state index < -0.39 is 13.5 Å². The molecule has 2 unspecified atom stereocenters. The lowest BCUT2D eigenvalue weighted by molar-refractivity contribution is 0.234. The molecule has 2 atom stereocenters. The Labute approximate surface area is 60.2 Å². The smallest absolute Gasteiger partial charge is 0.227 e. The van der Waals surface area contributed by atoms with Gasteiger partial charge in [-0.1, -0.05) is 0 Å². The van der Waals surface area contributed by atoms with Crippen LogP contribution in [0.3, 0.4) is 0 Å².